The number of pyridine rings is 1. The predicted molar refractivity (Wildman–Crippen MR) is 59.1 cm³/mol. The van der Waals surface area contributed by atoms with Gasteiger partial charge in [0.25, 0.3) is 0 Å². The quantitative estimate of drug-likeness (QED) is 0.252. The maximum atomic E-state index is 8.49. The molecule has 0 aromatic carbocycles. The van der Waals surface area contributed by atoms with Crippen LogP contribution in [0, 0.1) is 11.5 Å². The molecule has 1 aromatic heterocycles. The van der Waals surface area contributed by atoms with E-state index in [9.17, 15) is 0 Å². The highest BCUT2D eigenvalue weighted by molar-refractivity contribution is 5.94. The Morgan fingerprint density at radius 3 is 2.93 bits per heavy atom. The summed E-state index contributed by atoms with van der Waals surface area (Å²) in [6.07, 6.45) is 6.76. The molecule has 0 aliphatic heterocycles. The number of nitrogens with one attached hydrogen (secondary N) is 2. The number of aromatic nitrogens is 1. The summed E-state index contributed by atoms with van der Waals surface area (Å²) in [5, 5.41) is 13.9. The van der Waals surface area contributed by atoms with Crippen molar-refractivity contribution in [2.75, 3.05) is 11.9 Å². The molecule has 0 unspecified atom stereocenters. The Hall–Kier alpha value is -2.35. The van der Waals surface area contributed by atoms with Crippen molar-refractivity contribution in [3.05, 3.63) is 37.2 Å². The Bertz CT molecular complexity index is 377. The number of hydrogen-bond donors (Lipinski definition) is 2. The third-order valence-corrected chi connectivity index (χ3v) is 1.50. The molecule has 0 saturated carbocycles. The molecule has 2 N–H and O–H groups in total. The minimum atomic E-state index is 0.392. The minimum Gasteiger partial charge on any atom is -0.325 e. The molecular formula is C10H11N5. The fourth-order valence-electron chi connectivity index (χ4n) is 0.891. The average Bonchev–Trinajstić information content (AvgIpc) is 2.28. The van der Waals surface area contributed by atoms with Crippen LogP contribution in [0.15, 0.2) is 42.2 Å². The summed E-state index contributed by atoms with van der Waals surface area (Å²) in [6, 6.07) is 3.56. The van der Waals surface area contributed by atoms with Gasteiger partial charge in [0.15, 0.2) is 6.19 Å². The van der Waals surface area contributed by atoms with Gasteiger partial charge in [-0.2, -0.15) is 5.26 Å². The molecule has 0 saturated heterocycles. The van der Waals surface area contributed by atoms with Crippen LogP contribution in [0.5, 0.6) is 0 Å². The van der Waals surface area contributed by atoms with Crippen LogP contribution in [-0.4, -0.2) is 17.5 Å². The van der Waals surface area contributed by atoms with E-state index in [-0.39, 0.29) is 0 Å². The SMILES string of the molecule is C=CCN=C(NC#N)Nc1ccncc1. The Morgan fingerprint density at radius 1 is 1.60 bits per heavy atom. The fraction of sp³-hybridized carbons (Fsp3) is 0.100. The van der Waals surface area contributed by atoms with Crippen LogP contribution in [0.2, 0.25) is 0 Å². The molecule has 5 heteroatoms. The van der Waals surface area contributed by atoms with Crippen molar-refractivity contribution in [3.8, 4) is 6.19 Å². The van der Waals surface area contributed by atoms with Gasteiger partial charge in [-0.15, -0.1) is 6.58 Å². The van der Waals surface area contributed by atoms with Gasteiger partial charge >= 0.3 is 0 Å². The Labute approximate surface area is 88.2 Å². The molecule has 0 spiro atoms. The molecule has 1 rings (SSSR count). The first kappa shape index (κ1) is 10.7. The van der Waals surface area contributed by atoms with Crippen LogP contribution in [0.1, 0.15) is 0 Å². The molecule has 0 aliphatic rings. The van der Waals surface area contributed by atoms with Gasteiger partial charge in [-0.05, 0) is 12.1 Å². The number of aliphatic imine (C=N–C) groups is 1. The van der Waals surface area contributed by atoms with E-state index >= 15 is 0 Å². The van der Waals surface area contributed by atoms with Gasteiger partial charge in [-0.3, -0.25) is 10.3 Å². The van der Waals surface area contributed by atoms with Gasteiger partial charge in [-0.25, -0.2) is 4.99 Å². The summed E-state index contributed by atoms with van der Waals surface area (Å²) < 4.78 is 0. The number of nitriles is 1. The highest BCUT2D eigenvalue weighted by Crippen LogP contribution is 2.02. The number of hydrogen-bond acceptors (Lipinski definition) is 3. The number of guanidine groups is 1. The topological polar surface area (TPSA) is 73.1 Å². The largest absolute Gasteiger partial charge is 0.325 e. The van der Waals surface area contributed by atoms with Crippen molar-refractivity contribution >= 4 is 11.6 Å². The lowest BCUT2D eigenvalue weighted by molar-refractivity contribution is 1.16. The monoisotopic (exact) mass is 201 g/mol. The fourth-order valence-corrected chi connectivity index (χ4v) is 0.891. The van der Waals surface area contributed by atoms with Gasteiger partial charge in [0.2, 0.25) is 5.96 Å². The highest BCUT2D eigenvalue weighted by Gasteiger charge is 1.96. The van der Waals surface area contributed by atoms with Crippen LogP contribution in [0.3, 0.4) is 0 Å². The Morgan fingerprint density at radius 2 is 2.33 bits per heavy atom. The molecule has 0 radical (unpaired) electrons. The van der Waals surface area contributed by atoms with E-state index in [4.69, 9.17) is 5.26 Å². The number of anilines is 1. The summed E-state index contributed by atoms with van der Waals surface area (Å²) in [7, 11) is 0. The highest BCUT2D eigenvalue weighted by atomic mass is 15.2. The zero-order valence-corrected chi connectivity index (χ0v) is 8.14. The second kappa shape index (κ2) is 6.16. The van der Waals surface area contributed by atoms with E-state index < -0.39 is 0 Å². The zero-order valence-electron chi connectivity index (χ0n) is 8.14. The van der Waals surface area contributed by atoms with Gasteiger partial charge in [0.05, 0.1) is 6.54 Å². The van der Waals surface area contributed by atoms with Gasteiger partial charge in [0, 0.05) is 18.1 Å². The van der Waals surface area contributed by atoms with E-state index in [2.05, 4.69) is 27.2 Å². The summed E-state index contributed by atoms with van der Waals surface area (Å²) in [6.45, 7) is 3.99. The lowest BCUT2D eigenvalue weighted by atomic mass is 10.4. The third-order valence-electron chi connectivity index (χ3n) is 1.50. The van der Waals surface area contributed by atoms with Crippen LogP contribution in [-0.2, 0) is 0 Å². The number of rotatable bonds is 3. The van der Waals surface area contributed by atoms with Crippen LogP contribution >= 0.6 is 0 Å². The molecule has 0 atom stereocenters. The van der Waals surface area contributed by atoms with Crippen molar-refractivity contribution in [3.63, 3.8) is 0 Å². The normalized spacial score (nSPS) is 10.2. The lowest BCUT2D eigenvalue weighted by Gasteiger charge is -2.06. The molecule has 5 nitrogen and oxygen atoms in total. The molecule has 0 bridgehead atoms. The second-order valence-electron chi connectivity index (χ2n) is 2.58. The molecule has 1 aromatic rings. The average molecular weight is 201 g/mol. The first-order chi connectivity index (χ1) is 7.36. The summed E-state index contributed by atoms with van der Waals surface area (Å²) in [5.74, 6) is 0.392. The van der Waals surface area contributed by atoms with Crippen LogP contribution in [0.25, 0.3) is 0 Å². The first-order valence-electron chi connectivity index (χ1n) is 4.34. The predicted octanol–water partition coefficient (Wildman–Crippen LogP) is 1.11. The maximum absolute atomic E-state index is 8.49. The second-order valence-corrected chi connectivity index (χ2v) is 2.58. The van der Waals surface area contributed by atoms with Gasteiger partial charge in [-0.1, -0.05) is 6.08 Å². The molecule has 0 aliphatic carbocycles. The summed E-state index contributed by atoms with van der Waals surface area (Å²) >= 11 is 0. The van der Waals surface area contributed by atoms with Crippen molar-refractivity contribution in [2.24, 2.45) is 4.99 Å². The zero-order chi connectivity index (χ0) is 10.9. The molecule has 76 valence electrons. The molecule has 0 amide bonds. The van der Waals surface area contributed by atoms with Crippen molar-refractivity contribution in [1.29, 1.82) is 5.26 Å². The van der Waals surface area contributed by atoms with Gasteiger partial charge < -0.3 is 5.32 Å². The Balaban J connectivity index is 2.67. The van der Waals surface area contributed by atoms with Crippen LogP contribution < -0.4 is 10.6 Å². The van der Waals surface area contributed by atoms with Crippen molar-refractivity contribution < 1.29 is 0 Å². The Kier molecular flexibility index (Phi) is 4.40. The van der Waals surface area contributed by atoms with E-state index in [1.807, 2.05) is 0 Å². The third kappa shape index (κ3) is 3.91. The summed E-state index contributed by atoms with van der Waals surface area (Å²) in [5.41, 5.74) is 0.815. The van der Waals surface area contributed by atoms with Gasteiger partial charge in [0.1, 0.15) is 0 Å². The summed E-state index contributed by atoms with van der Waals surface area (Å²) in [4.78, 5) is 7.94. The van der Waals surface area contributed by atoms with E-state index in [1.165, 1.54) is 0 Å². The maximum Gasteiger partial charge on any atom is 0.209 e. The standard InChI is InChI=1S/C10H11N5/c1-2-5-13-10(14-8-11)15-9-3-6-12-7-4-9/h2-4,6-7H,1,5H2,(H2,12,13,14,15). The molecular weight excluding hydrogens is 190 g/mol. The van der Waals surface area contributed by atoms with Crippen LogP contribution in [0.4, 0.5) is 5.69 Å². The molecule has 15 heavy (non-hydrogen) atoms. The van der Waals surface area contributed by atoms with E-state index in [1.54, 1.807) is 36.8 Å². The van der Waals surface area contributed by atoms with E-state index in [0.29, 0.717) is 12.5 Å². The smallest absolute Gasteiger partial charge is 0.209 e. The van der Waals surface area contributed by atoms with Crippen molar-refractivity contribution in [1.82, 2.24) is 10.3 Å². The first-order valence-corrected chi connectivity index (χ1v) is 4.34. The minimum absolute atomic E-state index is 0.392. The van der Waals surface area contributed by atoms with E-state index in [0.717, 1.165) is 5.69 Å². The number of nitrogens with zero attached hydrogens (tertiary/aromatic N) is 3. The van der Waals surface area contributed by atoms with Crippen molar-refractivity contribution in [2.45, 2.75) is 0 Å². The molecule has 0 fully saturated rings. The molecule has 1 heterocycles. The lowest BCUT2D eigenvalue weighted by Crippen LogP contribution is -2.26.